The molecule has 1 fully saturated rings. The fourth-order valence-corrected chi connectivity index (χ4v) is 4.75. The van der Waals surface area contributed by atoms with E-state index in [1.54, 1.807) is 22.4 Å². The molecule has 1 aromatic rings. The van der Waals surface area contributed by atoms with Gasteiger partial charge in [0.25, 0.3) is 10.0 Å². The molecule has 9 heteroatoms. The van der Waals surface area contributed by atoms with E-state index in [-0.39, 0.29) is 31.8 Å². The van der Waals surface area contributed by atoms with Crippen LogP contribution in [0.3, 0.4) is 0 Å². The lowest BCUT2D eigenvalue weighted by Crippen LogP contribution is -2.50. The number of thiophene rings is 1. The third-order valence-corrected chi connectivity index (χ3v) is 6.72. The van der Waals surface area contributed by atoms with Gasteiger partial charge in [-0.15, -0.1) is 11.3 Å². The SMILES string of the molecule is COC(=O)CCC(=O)N1CCN(S(=O)(=O)c2cccs2)CC1. The van der Waals surface area contributed by atoms with Gasteiger partial charge in [0.15, 0.2) is 0 Å². The monoisotopic (exact) mass is 346 g/mol. The number of carbonyl (C=O) groups is 2. The van der Waals surface area contributed by atoms with Crippen molar-refractivity contribution in [2.75, 3.05) is 33.3 Å². The summed E-state index contributed by atoms with van der Waals surface area (Å²) in [6, 6.07) is 3.28. The highest BCUT2D eigenvalue weighted by atomic mass is 32.2. The highest BCUT2D eigenvalue weighted by Crippen LogP contribution is 2.22. The second-order valence-electron chi connectivity index (χ2n) is 4.79. The summed E-state index contributed by atoms with van der Waals surface area (Å²) < 4.78 is 30.9. The van der Waals surface area contributed by atoms with Crippen molar-refractivity contribution in [1.82, 2.24) is 9.21 Å². The molecule has 1 aromatic heterocycles. The molecule has 0 aliphatic carbocycles. The number of rotatable bonds is 5. The Morgan fingerprint density at radius 2 is 1.91 bits per heavy atom. The van der Waals surface area contributed by atoms with Crippen molar-refractivity contribution in [3.8, 4) is 0 Å². The Balaban J connectivity index is 1.88. The molecule has 0 atom stereocenters. The Morgan fingerprint density at radius 1 is 1.23 bits per heavy atom. The number of nitrogens with zero attached hydrogens (tertiary/aromatic N) is 2. The van der Waals surface area contributed by atoms with E-state index in [1.165, 1.54) is 22.8 Å². The Labute approximate surface area is 133 Å². The molecule has 0 N–H and O–H groups in total. The third kappa shape index (κ3) is 3.84. The largest absolute Gasteiger partial charge is 0.469 e. The zero-order valence-corrected chi connectivity index (χ0v) is 13.9. The summed E-state index contributed by atoms with van der Waals surface area (Å²) in [5, 5.41) is 1.72. The Morgan fingerprint density at radius 3 is 2.45 bits per heavy atom. The molecule has 0 unspecified atom stereocenters. The quantitative estimate of drug-likeness (QED) is 0.727. The zero-order chi connectivity index (χ0) is 16.2. The fourth-order valence-electron chi connectivity index (χ4n) is 2.18. The van der Waals surface area contributed by atoms with Crippen LogP contribution in [0.5, 0.6) is 0 Å². The van der Waals surface area contributed by atoms with E-state index in [0.717, 1.165) is 0 Å². The van der Waals surface area contributed by atoms with Crippen LogP contribution in [0, 0.1) is 0 Å². The smallest absolute Gasteiger partial charge is 0.306 e. The van der Waals surface area contributed by atoms with Crippen LogP contribution in [0.15, 0.2) is 21.7 Å². The maximum absolute atomic E-state index is 12.4. The van der Waals surface area contributed by atoms with Gasteiger partial charge in [-0.05, 0) is 11.4 Å². The maximum atomic E-state index is 12.4. The molecule has 0 spiro atoms. The van der Waals surface area contributed by atoms with Gasteiger partial charge in [0.2, 0.25) is 5.91 Å². The van der Waals surface area contributed by atoms with Crippen LogP contribution in [0.4, 0.5) is 0 Å². The predicted octanol–water partition coefficient (Wildman–Crippen LogP) is 0.534. The molecule has 2 heterocycles. The second kappa shape index (κ2) is 7.21. The number of esters is 1. The molecule has 0 bridgehead atoms. The molecule has 22 heavy (non-hydrogen) atoms. The normalized spacial score (nSPS) is 16.5. The number of piperazine rings is 1. The van der Waals surface area contributed by atoms with Crippen molar-refractivity contribution in [2.45, 2.75) is 17.1 Å². The first-order chi connectivity index (χ1) is 10.4. The lowest BCUT2D eigenvalue weighted by atomic mass is 10.2. The lowest BCUT2D eigenvalue weighted by molar-refractivity contribution is -0.143. The van der Waals surface area contributed by atoms with Crippen LogP contribution in [-0.4, -0.2) is 62.8 Å². The van der Waals surface area contributed by atoms with Crippen molar-refractivity contribution >= 4 is 33.2 Å². The summed E-state index contributed by atoms with van der Waals surface area (Å²) in [6.07, 6.45) is 0.132. The van der Waals surface area contributed by atoms with E-state index in [4.69, 9.17) is 0 Å². The molecule has 1 aliphatic heterocycles. The van der Waals surface area contributed by atoms with Gasteiger partial charge in [-0.1, -0.05) is 6.07 Å². The van der Waals surface area contributed by atoms with Crippen LogP contribution in [0.1, 0.15) is 12.8 Å². The zero-order valence-electron chi connectivity index (χ0n) is 12.2. The molecule has 0 aromatic carbocycles. The molecule has 122 valence electrons. The molecule has 1 saturated heterocycles. The van der Waals surface area contributed by atoms with Crippen molar-refractivity contribution in [1.29, 1.82) is 0 Å². The van der Waals surface area contributed by atoms with E-state index in [9.17, 15) is 18.0 Å². The summed E-state index contributed by atoms with van der Waals surface area (Å²) >= 11 is 1.18. The second-order valence-corrected chi connectivity index (χ2v) is 7.91. The van der Waals surface area contributed by atoms with Gasteiger partial charge in [0.1, 0.15) is 4.21 Å². The van der Waals surface area contributed by atoms with Gasteiger partial charge >= 0.3 is 5.97 Å². The minimum Gasteiger partial charge on any atom is -0.469 e. The van der Waals surface area contributed by atoms with Crippen LogP contribution >= 0.6 is 11.3 Å². The van der Waals surface area contributed by atoms with Crippen LogP contribution in [0.25, 0.3) is 0 Å². The molecule has 1 aliphatic rings. The van der Waals surface area contributed by atoms with Crippen LogP contribution < -0.4 is 0 Å². The van der Waals surface area contributed by atoms with Gasteiger partial charge in [0, 0.05) is 32.6 Å². The fraction of sp³-hybridized carbons (Fsp3) is 0.538. The van der Waals surface area contributed by atoms with Crippen molar-refractivity contribution in [3.05, 3.63) is 17.5 Å². The number of hydrogen-bond donors (Lipinski definition) is 0. The van der Waals surface area contributed by atoms with E-state index in [1.807, 2.05) is 0 Å². The van der Waals surface area contributed by atoms with Gasteiger partial charge < -0.3 is 9.64 Å². The minimum atomic E-state index is -3.46. The van der Waals surface area contributed by atoms with Gasteiger partial charge in [-0.3, -0.25) is 9.59 Å². The van der Waals surface area contributed by atoms with Crippen molar-refractivity contribution in [3.63, 3.8) is 0 Å². The van der Waals surface area contributed by atoms with Crippen molar-refractivity contribution in [2.24, 2.45) is 0 Å². The number of hydrogen-bond acceptors (Lipinski definition) is 6. The average molecular weight is 346 g/mol. The highest BCUT2D eigenvalue weighted by molar-refractivity contribution is 7.91. The Bertz CT molecular complexity index is 619. The summed E-state index contributed by atoms with van der Waals surface area (Å²) in [7, 11) is -2.18. The molecule has 0 saturated carbocycles. The summed E-state index contributed by atoms with van der Waals surface area (Å²) in [5.74, 6) is -0.578. The molecule has 0 radical (unpaired) electrons. The Hall–Kier alpha value is -1.45. The number of amides is 1. The first-order valence-corrected chi connectivity index (χ1v) is 9.15. The predicted molar refractivity (Wildman–Crippen MR) is 80.9 cm³/mol. The lowest BCUT2D eigenvalue weighted by Gasteiger charge is -2.33. The summed E-state index contributed by atoms with van der Waals surface area (Å²) in [6.45, 7) is 1.21. The third-order valence-electron chi connectivity index (χ3n) is 3.45. The van der Waals surface area contributed by atoms with Gasteiger partial charge in [-0.2, -0.15) is 4.31 Å². The Kier molecular flexibility index (Phi) is 5.54. The number of carbonyl (C=O) groups excluding carboxylic acids is 2. The average Bonchev–Trinajstić information content (AvgIpc) is 3.07. The molecule has 2 rings (SSSR count). The maximum Gasteiger partial charge on any atom is 0.306 e. The van der Waals surface area contributed by atoms with Gasteiger partial charge in [0.05, 0.1) is 13.5 Å². The van der Waals surface area contributed by atoms with E-state index in [0.29, 0.717) is 17.3 Å². The molecule has 1 amide bonds. The number of sulfonamides is 1. The minimum absolute atomic E-state index is 0.0447. The first kappa shape index (κ1) is 16.9. The van der Waals surface area contributed by atoms with Crippen LogP contribution in [0.2, 0.25) is 0 Å². The topological polar surface area (TPSA) is 84.0 Å². The van der Waals surface area contributed by atoms with E-state index in [2.05, 4.69) is 4.74 Å². The van der Waals surface area contributed by atoms with Crippen LogP contribution in [-0.2, 0) is 24.3 Å². The molecular formula is C13H18N2O5S2. The molecule has 7 nitrogen and oxygen atoms in total. The highest BCUT2D eigenvalue weighted by Gasteiger charge is 2.30. The summed E-state index contributed by atoms with van der Waals surface area (Å²) in [5.41, 5.74) is 0. The summed E-state index contributed by atoms with van der Waals surface area (Å²) in [4.78, 5) is 24.6. The van der Waals surface area contributed by atoms with E-state index >= 15 is 0 Å². The molecular weight excluding hydrogens is 328 g/mol. The number of methoxy groups -OCH3 is 1. The number of ether oxygens (including phenoxy) is 1. The van der Waals surface area contributed by atoms with Gasteiger partial charge in [-0.25, -0.2) is 8.42 Å². The van der Waals surface area contributed by atoms with Crippen molar-refractivity contribution < 1.29 is 22.7 Å². The van der Waals surface area contributed by atoms with E-state index < -0.39 is 16.0 Å². The standard InChI is InChI=1S/C13H18N2O5S2/c1-20-12(17)5-4-11(16)14-6-8-15(9-7-14)22(18,19)13-3-2-10-21-13/h2-3,10H,4-9H2,1H3. The first-order valence-electron chi connectivity index (χ1n) is 6.83.